The van der Waals surface area contributed by atoms with E-state index in [4.69, 9.17) is 0 Å². The largest absolute Gasteiger partial charge is 0.391 e. The van der Waals surface area contributed by atoms with E-state index in [0.29, 0.717) is 0 Å². The van der Waals surface area contributed by atoms with Crippen LogP contribution in [0.3, 0.4) is 0 Å². The van der Waals surface area contributed by atoms with E-state index in [1.165, 1.54) is 12.1 Å². The standard InChI is InChI=1S/C9H15N/c1-5-4-7-6(2)9(10-3)8(5)7/h5,7-8,10H,4H2,1-3H3. The molecule has 1 heteroatoms. The van der Waals surface area contributed by atoms with Gasteiger partial charge in [-0.25, -0.2) is 0 Å². The fourth-order valence-corrected chi connectivity index (χ4v) is 2.56. The lowest BCUT2D eigenvalue weighted by Crippen LogP contribution is -2.48. The van der Waals surface area contributed by atoms with Crippen molar-refractivity contribution in [2.45, 2.75) is 20.3 Å². The van der Waals surface area contributed by atoms with E-state index >= 15 is 0 Å². The van der Waals surface area contributed by atoms with Gasteiger partial charge in [0.2, 0.25) is 0 Å². The second-order valence-electron chi connectivity index (χ2n) is 3.69. The van der Waals surface area contributed by atoms with E-state index in [0.717, 1.165) is 17.8 Å². The smallest absolute Gasteiger partial charge is 0.0136 e. The number of allylic oxidation sites excluding steroid dienone is 2. The molecule has 3 unspecified atom stereocenters. The van der Waals surface area contributed by atoms with Crippen molar-refractivity contribution in [1.29, 1.82) is 0 Å². The molecule has 0 saturated heterocycles. The van der Waals surface area contributed by atoms with Gasteiger partial charge < -0.3 is 5.32 Å². The SMILES string of the molecule is CNC1=C(C)C2CC(C)C12. The molecule has 0 bridgehead atoms. The van der Waals surface area contributed by atoms with Gasteiger partial charge in [-0.3, -0.25) is 0 Å². The van der Waals surface area contributed by atoms with E-state index in [-0.39, 0.29) is 0 Å². The summed E-state index contributed by atoms with van der Waals surface area (Å²) in [6.07, 6.45) is 1.43. The van der Waals surface area contributed by atoms with Crippen molar-refractivity contribution in [1.82, 2.24) is 5.32 Å². The molecule has 0 aromatic heterocycles. The third kappa shape index (κ3) is 0.494. The predicted octanol–water partition coefficient (Wildman–Crippen LogP) is 1.77. The maximum atomic E-state index is 3.29. The zero-order valence-corrected chi connectivity index (χ0v) is 6.94. The van der Waals surface area contributed by atoms with Crippen LogP contribution in [0, 0.1) is 17.8 Å². The molecule has 0 radical (unpaired) electrons. The number of rotatable bonds is 1. The van der Waals surface area contributed by atoms with Crippen LogP contribution in [0.4, 0.5) is 0 Å². The van der Waals surface area contributed by atoms with Gasteiger partial charge in [0, 0.05) is 18.7 Å². The minimum absolute atomic E-state index is 0.907. The van der Waals surface area contributed by atoms with Crippen molar-refractivity contribution in [3.8, 4) is 0 Å². The Bertz CT molecular complexity index is 193. The summed E-state index contributed by atoms with van der Waals surface area (Å²) in [5.74, 6) is 2.80. The van der Waals surface area contributed by atoms with Crippen molar-refractivity contribution in [2.24, 2.45) is 17.8 Å². The number of hydrogen-bond donors (Lipinski definition) is 1. The summed E-state index contributed by atoms with van der Waals surface area (Å²) >= 11 is 0. The Balaban J connectivity index is 2.18. The van der Waals surface area contributed by atoms with E-state index in [2.05, 4.69) is 19.2 Å². The zero-order chi connectivity index (χ0) is 7.30. The molecule has 2 aliphatic carbocycles. The molecule has 0 spiro atoms. The number of fused-ring (bicyclic) bond motifs is 1. The summed E-state index contributed by atoms with van der Waals surface area (Å²) in [4.78, 5) is 0. The second kappa shape index (κ2) is 1.77. The lowest BCUT2D eigenvalue weighted by atomic mass is 9.53. The van der Waals surface area contributed by atoms with Gasteiger partial charge >= 0.3 is 0 Å². The molecule has 2 aliphatic rings. The quantitative estimate of drug-likeness (QED) is 0.580. The molecule has 0 amide bonds. The van der Waals surface area contributed by atoms with Crippen molar-refractivity contribution in [3.63, 3.8) is 0 Å². The summed E-state index contributed by atoms with van der Waals surface area (Å²) in [6.45, 7) is 4.61. The maximum Gasteiger partial charge on any atom is 0.0136 e. The van der Waals surface area contributed by atoms with Crippen molar-refractivity contribution in [2.75, 3.05) is 7.05 Å². The van der Waals surface area contributed by atoms with Crippen LogP contribution >= 0.6 is 0 Å². The zero-order valence-electron chi connectivity index (χ0n) is 6.94. The van der Waals surface area contributed by atoms with Crippen LogP contribution in [0.1, 0.15) is 20.3 Å². The van der Waals surface area contributed by atoms with Crippen LogP contribution in [0.15, 0.2) is 11.3 Å². The fourth-order valence-electron chi connectivity index (χ4n) is 2.56. The van der Waals surface area contributed by atoms with Crippen LogP contribution in [0.2, 0.25) is 0 Å². The molecule has 0 aromatic carbocycles. The van der Waals surface area contributed by atoms with Gasteiger partial charge in [0.25, 0.3) is 0 Å². The Hall–Kier alpha value is -0.460. The molecule has 10 heavy (non-hydrogen) atoms. The van der Waals surface area contributed by atoms with Gasteiger partial charge in [0.15, 0.2) is 0 Å². The molecule has 56 valence electrons. The minimum Gasteiger partial charge on any atom is -0.391 e. The highest BCUT2D eigenvalue weighted by molar-refractivity contribution is 5.34. The van der Waals surface area contributed by atoms with Crippen LogP contribution in [0.25, 0.3) is 0 Å². The molecule has 3 atom stereocenters. The Morgan fingerprint density at radius 3 is 2.60 bits per heavy atom. The van der Waals surface area contributed by atoms with Crippen LogP contribution < -0.4 is 5.32 Å². The van der Waals surface area contributed by atoms with Gasteiger partial charge in [-0.05, 0) is 25.2 Å². The Morgan fingerprint density at radius 1 is 1.50 bits per heavy atom. The van der Waals surface area contributed by atoms with Gasteiger partial charge in [-0.2, -0.15) is 0 Å². The van der Waals surface area contributed by atoms with E-state index < -0.39 is 0 Å². The lowest BCUT2D eigenvalue weighted by Gasteiger charge is -2.53. The highest BCUT2D eigenvalue weighted by atomic mass is 14.9. The van der Waals surface area contributed by atoms with E-state index in [1.54, 1.807) is 5.57 Å². The first kappa shape index (κ1) is 6.26. The predicted molar refractivity (Wildman–Crippen MR) is 42.5 cm³/mol. The summed E-state index contributed by atoms with van der Waals surface area (Å²) in [7, 11) is 2.04. The summed E-state index contributed by atoms with van der Waals surface area (Å²) in [5.41, 5.74) is 3.15. The number of hydrogen-bond acceptors (Lipinski definition) is 1. The summed E-state index contributed by atoms with van der Waals surface area (Å²) in [5, 5.41) is 3.29. The lowest BCUT2D eigenvalue weighted by molar-refractivity contribution is 0.102. The highest BCUT2D eigenvalue weighted by Gasteiger charge is 2.49. The summed E-state index contributed by atoms with van der Waals surface area (Å²) in [6, 6.07) is 0. The van der Waals surface area contributed by atoms with Gasteiger partial charge in [0.05, 0.1) is 0 Å². The highest BCUT2D eigenvalue weighted by Crippen LogP contribution is 2.56. The van der Waals surface area contributed by atoms with Crippen LogP contribution in [0.5, 0.6) is 0 Å². The second-order valence-corrected chi connectivity index (χ2v) is 3.69. The maximum absolute atomic E-state index is 3.29. The third-order valence-electron chi connectivity index (χ3n) is 3.26. The van der Waals surface area contributed by atoms with E-state index in [1.807, 2.05) is 7.05 Å². The van der Waals surface area contributed by atoms with Crippen LogP contribution in [-0.2, 0) is 0 Å². The molecule has 1 saturated carbocycles. The topological polar surface area (TPSA) is 12.0 Å². The Kier molecular flexibility index (Phi) is 1.11. The third-order valence-corrected chi connectivity index (χ3v) is 3.26. The molecule has 0 aromatic rings. The fraction of sp³-hybridized carbons (Fsp3) is 0.778. The molecule has 2 rings (SSSR count). The minimum atomic E-state index is 0.907. The van der Waals surface area contributed by atoms with Gasteiger partial charge in [-0.1, -0.05) is 12.5 Å². The van der Waals surface area contributed by atoms with E-state index in [9.17, 15) is 0 Å². The summed E-state index contributed by atoms with van der Waals surface area (Å²) < 4.78 is 0. The van der Waals surface area contributed by atoms with Crippen molar-refractivity contribution < 1.29 is 0 Å². The first-order chi connectivity index (χ1) is 4.75. The Labute approximate surface area is 62.5 Å². The molecule has 0 heterocycles. The Morgan fingerprint density at radius 2 is 2.20 bits per heavy atom. The average Bonchev–Trinajstić information content (AvgIpc) is 1.92. The molecular weight excluding hydrogens is 122 g/mol. The first-order valence-corrected chi connectivity index (χ1v) is 4.14. The van der Waals surface area contributed by atoms with Crippen molar-refractivity contribution >= 4 is 0 Å². The number of nitrogens with one attached hydrogen (secondary N) is 1. The van der Waals surface area contributed by atoms with Crippen LogP contribution in [-0.4, -0.2) is 7.05 Å². The molecule has 1 nitrogen and oxygen atoms in total. The van der Waals surface area contributed by atoms with Crippen molar-refractivity contribution in [3.05, 3.63) is 11.3 Å². The monoisotopic (exact) mass is 137 g/mol. The first-order valence-electron chi connectivity index (χ1n) is 4.14. The van der Waals surface area contributed by atoms with Gasteiger partial charge in [0.1, 0.15) is 0 Å². The molecule has 0 aliphatic heterocycles. The molecular formula is C9H15N. The average molecular weight is 137 g/mol. The molecule has 1 fully saturated rings. The van der Waals surface area contributed by atoms with Gasteiger partial charge in [-0.15, -0.1) is 0 Å². The normalized spacial score (nSPS) is 43.7. The molecule has 1 N–H and O–H groups in total.